The van der Waals surface area contributed by atoms with Gasteiger partial charge in [-0.25, -0.2) is 10.3 Å². The third-order valence-corrected chi connectivity index (χ3v) is 4.30. The fourth-order valence-corrected chi connectivity index (χ4v) is 2.83. The molecule has 0 heterocycles. The van der Waals surface area contributed by atoms with Crippen LogP contribution in [-0.2, 0) is 16.1 Å². The molecule has 0 saturated carbocycles. The molecule has 0 aliphatic rings. The molecule has 0 atom stereocenters. The molecule has 2 aromatic rings. The second kappa shape index (κ2) is 10.3. The average Bonchev–Trinajstić information content (AvgIpc) is 2.71. The van der Waals surface area contributed by atoms with Gasteiger partial charge in [-0.15, -0.1) is 0 Å². The number of rotatable bonds is 8. The van der Waals surface area contributed by atoms with E-state index in [4.69, 9.17) is 21.9 Å². The number of carbonyl (C=O) groups excluding carboxylic acids is 2. The van der Waals surface area contributed by atoms with E-state index in [-0.39, 0.29) is 13.2 Å². The van der Waals surface area contributed by atoms with E-state index < -0.39 is 12.0 Å². The van der Waals surface area contributed by atoms with Gasteiger partial charge >= 0.3 is 12.0 Å². The lowest BCUT2D eigenvalue weighted by Gasteiger charge is -2.12. The Morgan fingerprint density at radius 2 is 1.86 bits per heavy atom. The summed E-state index contributed by atoms with van der Waals surface area (Å²) in [6.45, 7) is 2.09. The monoisotopic (exact) mass is 403 g/mol. The van der Waals surface area contributed by atoms with Crippen LogP contribution in [0.2, 0.25) is 5.02 Å². The first-order valence-electron chi connectivity index (χ1n) is 8.64. The Morgan fingerprint density at radius 3 is 2.46 bits per heavy atom. The normalized spacial score (nSPS) is 10.1. The molecule has 9 heteroatoms. The molecular formula is C19H22ClN5O3. The van der Waals surface area contributed by atoms with Crippen molar-refractivity contribution in [3.8, 4) is 11.1 Å². The van der Waals surface area contributed by atoms with Crippen LogP contribution in [-0.4, -0.2) is 32.2 Å². The fourth-order valence-electron chi connectivity index (χ4n) is 2.51. The number of hydrogen-bond donors (Lipinski definition) is 4. The number of anilines is 1. The molecule has 0 spiro atoms. The van der Waals surface area contributed by atoms with Crippen molar-refractivity contribution in [2.24, 2.45) is 5.11 Å². The van der Waals surface area contributed by atoms with Crippen LogP contribution in [0.1, 0.15) is 12.5 Å². The minimum Gasteiger partial charge on any atom is -0.465 e. The maximum Gasteiger partial charge on any atom is 0.325 e. The number of nitrogens with one attached hydrogen (secondary N) is 4. The zero-order valence-corrected chi connectivity index (χ0v) is 16.4. The molecular weight excluding hydrogens is 382 g/mol. The van der Waals surface area contributed by atoms with Crippen LogP contribution >= 0.6 is 11.6 Å². The maximum atomic E-state index is 11.7. The van der Waals surface area contributed by atoms with Crippen LogP contribution in [0.4, 0.5) is 16.2 Å². The molecule has 2 amide bonds. The number of urea groups is 1. The maximum absolute atomic E-state index is 11.7. The van der Waals surface area contributed by atoms with E-state index in [1.165, 1.54) is 0 Å². The summed E-state index contributed by atoms with van der Waals surface area (Å²) in [5, 5.41) is 11.9. The molecule has 0 saturated heterocycles. The zero-order valence-electron chi connectivity index (χ0n) is 15.6. The van der Waals surface area contributed by atoms with Crippen LogP contribution in [0, 0.1) is 5.53 Å². The summed E-state index contributed by atoms with van der Waals surface area (Å²) in [4.78, 5) is 22.9. The number of ether oxygens (including phenoxy) is 1. The van der Waals surface area contributed by atoms with Gasteiger partial charge in [-0.1, -0.05) is 41.9 Å². The molecule has 0 aromatic heterocycles. The van der Waals surface area contributed by atoms with Crippen molar-refractivity contribution in [3.05, 3.63) is 47.0 Å². The first-order chi connectivity index (χ1) is 13.5. The molecule has 8 nitrogen and oxygen atoms in total. The van der Waals surface area contributed by atoms with Crippen LogP contribution < -0.4 is 16.0 Å². The highest BCUT2D eigenvalue weighted by Gasteiger charge is 2.12. The molecule has 148 valence electrons. The Balaban J connectivity index is 2.00. The summed E-state index contributed by atoms with van der Waals surface area (Å²) in [6, 6.07) is 10.7. The van der Waals surface area contributed by atoms with Crippen LogP contribution in [0.5, 0.6) is 0 Å². The van der Waals surface area contributed by atoms with Crippen LogP contribution in [0.3, 0.4) is 0 Å². The Bertz CT molecular complexity index is 855. The van der Waals surface area contributed by atoms with Crippen molar-refractivity contribution in [2.75, 3.05) is 25.5 Å². The standard InChI is InChI=1S/C19H22ClN5O3/c1-3-28-16(26)11-24-19(27)23-10-12-4-6-13(7-5-12)14-8-9-15(22-2)18(25-21)17(14)20/h4-9,21-22H,3,10-11H2,1-2H3,(H2,23,24,27). The molecule has 0 radical (unpaired) electrons. The average molecular weight is 404 g/mol. The number of hydrogen-bond acceptors (Lipinski definition) is 6. The fraction of sp³-hybridized carbons (Fsp3) is 0.263. The summed E-state index contributed by atoms with van der Waals surface area (Å²) in [7, 11) is 1.74. The Labute approximate surface area is 168 Å². The lowest BCUT2D eigenvalue weighted by Crippen LogP contribution is -2.38. The van der Waals surface area contributed by atoms with Crippen molar-refractivity contribution < 1.29 is 14.3 Å². The van der Waals surface area contributed by atoms with E-state index in [1.807, 2.05) is 36.4 Å². The molecule has 0 unspecified atom stereocenters. The van der Waals surface area contributed by atoms with Gasteiger partial charge < -0.3 is 20.7 Å². The van der Waals surface area contributed by atoms with Crippen molar-refractivity contribution in [1.82, 2.24) is 10.6 Å². The minimum atomic E-state index is -0.484. The van der Waals surface area contributed by atoms with Crippen molar-refractivity contribution in [2.45, 2.75) is 13.5 Å². The first kappa shape index (κ1) is 21.2. The molecule has 28 heavy (non-hydrogen) atoms. The largest absolute Gasteiger partial charge is 0.465 e. The number of amides is 2. The summed E-state index contributed by atoms with van der Waals surface area (Å²) >= 11 is 6.40. The number of carbonyl (C=O) groups is 2. The number of benzene rings is 2. The van der Waals surface area contributed by atoms with E-state index in [1.54, 1.807) is 14.0 Å². The van der Waals surface area contributed by atoms with E-state index >= 15 is 0 Å². The Kier molecular flexibility index (Phi) is 7.76. The van der Waals surface area contributed by atoms with Gasteiger partial charge in [0.25, 0.3) is 0 Å². The van der Waals surface area contributed by atoms with E-state index in [0.29, 0.717) is 22.9 Å². The highest BCUT2D eigenvalue weighted by molar-refractivity contribution is 6.36. The minimum absolute atomic E-state index is 0.177. The molecule has 2 rings (SSSR count). The second-order valence-corrected chi connectivity index (χ2v) is 6.10. The van der Waals surface area contributed by atoms with Gasteiger partial charge in [0, 0.05) is 19.2 Å². The second-order valence-electron chi connectivity index (χ2n) is 5.72. The lowest BCUT2D eigenvalue weighted by molar-refractivity contribution is -0.141. The topological polar surface area (TPSA) is 116 Å². The molecule has 4 N–H and O–H groups in total. The van der Waals surface area contributed by atoms with Crippen molar-refractivity contribution >= 4 is 35.0 Å². The number of esters is 1. The summed E-state index contributed by atoms with van der Waals surface area (Å²) in [5.41, 5.74) is 10.9. The van der Waals surface area contributed by atoms with Gasteiger partial charge in [0.1, 0.15) is 12.2 Å². The van der Waals surface area contributed by atoms with Gasteiger partial charge in [0.05, 0.1) is 17.3 Å². The SMILES string of the molecule is CCOC(=O)CNC(=O)NCc1ccc(-c2ccc(NC)c(N=N)c2Cl)cc1. The highest BCUT2D eigenvalue weighted by Crippen LogP contribution is 2.40. The van der Waals surface area contributed by atoms with E-state index in [2.05, 4.69) is 21.1 Å². The first-order valence-corrected chi connectivity index (χ1v) is 9.02. The predicted octanol–water partition coefficient (Wildman–Crippen LogP) is 4.07. The summed E-state index contributed by atoms with van der Waals surface area (Å²) in [5.74, 6) is -0.484. The van der Waals surface area contributed by atoms with Crippen LogP contribution in [0.25, 0.3) is 11.1 Å². The Hall–Kier alpha value is -3.13. The smallest absolute Gasteiger partial charge is 0.325 e. The number of halogens is 1. The van der Waals surface area contributed by atoms with Gasteiger partial charge in [0.15, 0.2) is 0 Å². The number of nitrogens with zero attached hydrogens (tertiary/aromatic N) is 1. The van der Waals surface area contributed by atoms with E-state index in [0.717, 1.165) is 16.7 Å². The summed E-state index contributed by atoms with van der Waals surface area (Å²) in [6.07, 6.45) is 0. The summed E-state index contributed by atoms with van der Waals surface area (Å²) < 4.78 is 4.74. The molecule has 0 aliphatic carbocycles. The van der Waals surface area contributed by atoms with Gasteiger partial charge in [0.2, 0.25) is 0 Å². The molecule has 0 fully saturated rings. The zero-order chi connectivity index (χ0) is 20.5. The Morgan fingerprint density at radius 1 is 1.14 bits per heavy atom. The predicted molar refractivity (Wildman–Crippen MR) is 108 cm³/mol. The van der Waals surface area contributed by atoms with Crippen LogP contribution in [0.15, 0.2) is 41.5 Å². The molecule has 0 bridgehead atoms. The third-order valence-electron chi connectivity index (χ3n) is 3.91. The molecule has 0 aliphatic heterocycles. The lowest BCUT2D eigenvalue weighted by atomic mass is 10.0. The molecule has 2 aromatic carbocycles. The van der Waals surface area contributed by atoms with Gasteiger partial charge in [-0.2, -0.15) is 5.11 Å². The quantitative estimate of drug-likeness (QED) is 0.392. The van der Waals surface area contributed by atoms with Gasteiger partial charge in [-0.05, 0) is 24.1 Å². The van der Waals surface area contributed by atoms with Gasteiger partial charge in [-0.3, -0.25) is 4.79 Å². The van der Waals surface area contributed by atoms with Crippen molar-refractivity contribution in [3.63, 3.8) is 0 Å². The van der Waals surface area contributed by atoms with Crippen molar-refractivity contribution in [1.29, 1.82) is 5.53 Å². The highest BCUT2D eigenvalue weighted by atomic mass is 35.5. The van der Waals surface area contributed by atoms with E-state index in [9.17, 15) is 9.59 Å². The third kappa shape index (κ3) is 5.43.